The molecular formula is C17H17F2NO5S. The number of carbonyl (C=O) groups excluding carboxylic acids is 2. The minimum atomic E-state index is -3.05. The molecule has 0 spiro atoms. The van der Waals surface area contributed by atoms with E-state index in [1.54, 1.807) is 19.9 Å². The lowest BCUT2D eigenvalue weighted by Gasteiger charge is -2.11. The van der Waals surface area contributed by atoms with Crippen LogP contribution >= 0.6 is 11.3 Å². The Bertz CT molecular complexity index is 806. The Kier molecular flexibility index (Phi) is 6.51. The number of rotatable bonds is 7. The molecule has 2 rings (SSSR count). The highest BCUT2D eigenvalue weighted by Gasteiger charge is 2.18. The van der Waals surface area contributed by atoms with Gasteiger partial charge in [0, 0.05) is 5.56 Å². The number of alkyl halides is 2. The highest BCUT2D eigenvalue weighted by atomic mass is 32.1. The number of halogens is 2. The molecule has 0 fully saturated rings. The maximum Gasteiger partial charge on any atom is 0.387 e. The van der Waals surface area contributed by atoms with Gasteiger partial charge in [0.1, 0.15) is 4.88 Å². The standard InChI is InChI=1S/C17H17F2NO5S/c1-4-24-16(22)14-9(2)7-13(26-14)20-15(21)10-5-6-11(23-3)12(8-10)25-17(18)19/h5-8,17H,4H2,1-3H3,(H,20,21). The van der Waals surface area contributed by atoms with E-state index in [4.69, 9.17) is 9.47 Å². The van der Waals surface area contributed by atoms with Crippen LogP contribution in [0.15, 0.2) is 24.3 Å². The number of thiophene rings is 1. The number of amides is 1. The predicted octanol–water partition coefficient (Wildman–Crippen LogP) is 4.10. The van der Waals surface area contributed by atoms with Crippen LogP contribution in [0.25, 0.3) is 0 Å². The fourth-order valence-corrected chi connectivity index (χ4v) is 3.09. The van der Waals surface area contributed by atoms with E-state index >= 15 is 0 Å². The van der Waals surface area contributed by atoms with Gasteiger partial charge in [-0.05, 0) is 43.7 Å². The topological polar surface area (TPSA) is 73.9 Å². The van der Waals surface area contributed by atoms with E-state index in [0.717, 1.165) is 17.4 Å². The van der Waals surface area contributed by atoms with Crippen LogP contribution < -0.4 is 14.8 Å². The number of hydrogen-bond donors (Lipinski definition) is 1. The largest absolute Gasteiger partial charge is 0.493 e. The Morgan fingerprint density at radius 2 is 1.96 bits per heavy atom. The molecular weight excluding hydrogens is 368 g/mol. The molecule has 0 aliphatic heterocycles. The summed E-state index contributed by atoms with van der Waals surface area (Å²) in [7, 11) is 1.30. The van der Waals surface area contributed by atoms with Crippen molar-refractivity contribution < 1.29 is 32.6 Å². The zero-order valence-electron chi connectivity index (χ0n) is 14.3. The van der Waals surface area contributed by atoms with E-state index in [0.29, 0.717) is 15.4 Å². The predicted molar refractivity (Wildman–Crippen MR) is 92.6 cm³/mol. The molecule has 2 aromatic rings. The lowest BCUT2D eigenvalue weighted by atomic mass is 10.2. The van der Waals surface area contributed by atoms with Crippen LogP contribution in [0.1, 0.15) is 32.5 Å². The van der Waals surface area contributed by atoms with Gasteiger partial charge < -0.3 is 19.5 Å². The van der Waals surface area contributed by atoms with E-state index in [9.17, 15) is 18.4 Å². The molecule has 1 N–H and O–H groups in total. The van der Waals surface area contributed by atoms with Gasteiger partial charge in [-0.2, -0.15) is 8.78 Å². The number of ether oxygens (including phenoxy) is 3. The summed E-state index contributed by atoms with van der Waals surface area (Å²) >= 11 is 1.07. The highest BCUT2D eigenvalue weighted by molar-refractivity contribution is 7.18. The maximum absolute atomic E-state index is 12.5. The molecule has 0 aliphatic rings. The Labute approximate surface area is 152 Å². The van der Waals surface area contributed by atoms with Crippen LogP contribution in [0.2, 0.25) is 0 Å². The summed E-state index contributed by atoms with van der Waals surface area (Å²) in [5.74, 6) is -1.17. The number of aryl methyl sites for hydroxylation is 1. The summed E-state index contributed by atoms with van der Waals surface area (Å²) in [6.07, 6.45) is 0. The summed E-state index contributed by atoms with van der Waals surface area (Å²) < 4.78 is 39.2. The number of methoxy groups -OCH3 is 1. The van der Waals surface area contributed by atoms with E-state index < -0.39 is 18.5 Å². The smallest absolute Gasteiger partial charge is 0.387 e. The zero-order chi connectivity index (χ0) is 19.3. The second-order valence-electron chi connectivity index (χ2n) is 5.04. The quantitative estimate of drug-likeness (QED) is 0.727. The van der Waals surface area contributed by atoms with Gasteiger partial charge in [-0.15, -0.1) is 11.3 Å². The molecule has 6 nitrogen and oxygen atoms in total. The Morgan fingerprint density at radius 1 is 1.23 bits per heavy atom. The monoisotopic (exact) mass is 385 g/mol. The number of nitrogens with one attached hydrogen (secondary N) is 1. The minimum absolute atomic E-state index is 0.0819. The SMILES string of the molecule is CCOC(=O)c1sc(NC(=O)c2ccc(OC)c(OC(F)F)c2)cc1C. The Balaban J connectivity index is 2.20. The van der Waals surface area contributed by atoms with E-state index in [1.165, 1.54) is 19.2 Å². The molecule has 1 amide bonds. The highest BCUT2D eigenvalue weighted by Crippen LogP contribution is 2.31. The Hall–Kier alpha value is -2.68. The van der Waals surface area contributed by atoms with Gasteiger partial charge in [-0.1, -0.05) is 0 Å². The molecule has 1 aromatic heterocycles. The van der Waals surface area contributed by atoms with Crippen LogP contribution in [-0.2, 0) is 4.74 Å². The van der Waals surface area contributed by atoms with Crippen LogP contribution in [0.4, 0.5) is 13.8 Å². The average molecular weight is 385 g/mol. The van der Waals surface area contributed by atoms with Crippen LogP contribution in [0.3, 0.4) is 0 Å². The van der Waals surface area contributed by atoms with Crippen molar-refractivity contribution in [3.63, 3.8) is 0 Å². The summed E-state index contributed by atoms with van der Waals surface area (Å²) in [4.78, 5) is 24.6. The van der Waals surface area contributed by atoms with Crippen LogP contribution in [0.5, 0.6) is 11.5 Å². The van der Waals surface area contributed by atoms with Gasteiger partial charge in [0.05, 0.1) is 18.7 Å². The first-order valence-electron chi connectivity index (χ1n) is 7.57. The van der Waals surface area contributed by atoms with Gasteiger partial charge in [0.15, 0.2) is 11.5 Å². The second-order valence-corrected chi connectivity index (χ2v) is 6.09. The normalized spacial score (nSPS) is 10.5. The zero-order valence-corrected chi connectivity index (χ0v) is 15.1. The molecule has 0 bridgehead atoms. The molecule has 0 saturated heterocycles. The first kappa shape index (κ1) is 19.6. The maximum atomic E-state index is 12.5. The molecule has 0 unspecified atom stereocenters. The first-order valence-corrected chi connectivity index (χ1v) is 8.39. The summed E-state index contributed by atoms with van der Waals surface area (Å²) in [5.41, 5.74) is 0.769. The molecule has 140 valence electrons. The third kappa shape index (κ3) is 4.69. The molecule has 0 aliphatic carbocycles. The number of hydrogen-bond acceptors (Lipinski definition) is 6. The molecule has 26 heavy (non-hydrogen) atoms. The van der Waals surface area contributed by atoms with Crippen molar-refractivity contribution >= 4 is 28.2 Å². The fourth-order valence-electron chi connectivity index (χ4n) is 2.13. The second kappa shape index (κ2) is 8.61. The average Bonchev–Trinajstić information content (AvgIpc) is 2.94. The summed E-state index contributed by atoms with van der Waals surface area (Å²) in [5, 5.41) is 3.06. The first-order chi connectivity index (χ1) is 12.3. The van der Waals surface area contributed by atoms with E-state index in [1.807, 2.05) is 0 Å². The van der Waals surface area contributed by atoms with E-state index in [-0.39, 0.29) is 23.7 Å². The Morgan fingerprint density at radius 3 is 2.58 bits per heavy atom. The fraction of sp³-hybridized carbons (Fsp3) is 0.294. The van der Waals surface area contributed by atoms with Crippen molar-refractivity contribution in [2.24, 2.45) is 0 Å². The number of carbonyl (C=O) groups is 2. The lowest BCUT2D eigenvalue weighted by Crippen LogP contribution is -2.12. The van der Waals surface area contributed by atoms with Gasteiger partial charge in [-0.25, -0.2) is 4.79 Å². The van der Waals surface area contributed by atoms with Crippen LogP contribution in [0, 0.1) is 6.92 Å². The van der Waals surface area contributed by atoms with Crippen molar-refractivity contribution in [3.05, 3.63) is 40.3 Å². The van der Waals surface area contributed by atoms with Gasteiger partial charge in [0.2, 0.25) is 0 Å². The minimum Gasteiger partial charge on any atom is -0.493 e. The van der Waals surface area contributed by atoms with Crippen molar-refractivity contribution in [2.75, 3.05) is 19.0 Å². The van der Waals surface area contributed by atoms with Crippen molar-refractivity contribution in [1.29, 1.82) is 0 Å². The van der Waals surface area contributed by atoms with Crippen molar-refractivity contribution in [1.82, 2.24) is 0 Å². The summed E-state index contributed by atoms with van der Waals surface area (Å²) in [6, 6.07) is 5.57. The molecule has 0 radical (unpaired) electrons. The van der Waals surface area contributed by atoms with Gasteiger partial charge >= 0.3 is 12.6 Å². The number of anilines is 1. The molecule has 1 aromatic carbocycles. The number of benzene rings is 1. The third-order valence-electron chi connectivity index (χ3n) is 3.26. The molecule has 9 heteroatoms. The molecule has 1 heterocycles. The van der Waals surface area contributed by atoms with E-state index in [2.05, 4.69) is 10.1 Å². The van der Waals surface area contributed by atoms with Crippen LogP contribution in [-0.4, -0.2) is 32.2 Å². The number of esters is 1. The van der Waals surface area contributed by atoms with Crippen molar-refractivity contribution in [2.45, 2.75) is 20.5 Å². The van der Waals surface area contributed by atoms with Gasteiger partial charge in [0.25, 0.3) is 5.91 Å². The molecule has 0 saturated carbocycles. The van der Waals surface area contributed by atoms with Crippen molar-refractivity contribution in [3.8, 4) is 11.5 Å². The van der Waals surface area contributed by atoms with Gasteiger partial charge in [-0.3, -0.25) is 4.79 Å². The molecule has 0 atom stereocenters. The third-order valence-corrected chi connectivity index (χ3v) is 4.39. The summed E-state index contributed by atoms with van der Waals surface area (Å²) in [6.45, 7) is 0.623. The lowest BCUT2D eigenvalue weighted by molar-refractivity contribution is -0.0512.